The lowest BCUT2D eigenvalue weighted by molar-refractivity contribution is -0.149. The molecule has 0 aromatic rings. The van der Waals surface area contributed by atoms with Crippen molar-refractivity contribution in [3.05, 3.63) is 0 Å². The molecule has 15 heavy (non-hydrogen) atoms. The van der Waals surface area contributed by atoms with Crippen LogP contribution in [0.15, 0.2) is 0 Å². The molecule has 0 saturated heterocycles. The summed E-state index contributed by atoms with van der Waals surface area (Å²) in [5, 5.41) is 2.71. The first-order valence-corrected chi connectivity index (χ1v) is 5.48. The first kappa shape index (κ1) is 12.0. The van der Waals surface area contributed by atoms with Crippen LogP contribution in [0.5, 0.6) is 0 Å². The van der Waals surface area contributed by atoms with Crippen molar-refractivity contribution in [2.24, 2.45) is 0 Å². The molecule has 1 aliphatic carbocycles. The van der Waals surface area contributed by atoms with Crippen molar-refractivity contribution in [3.63, 3.8) is 0 Å². The predicted octanol–water partition coefficient (Wildman–Crippen LogP) is 0.912. The van der Waals surface area contributed by atoms with Crippen molar-refractivity contribution in [3.8, 4) is 0 Å². The van der Waals surface area contributed by atoms with E-state index in [1.54, 1.807) is 4.90 Å². The molecule has 0 bridgehead atoms. The van der Waals surface area contributed by atoms with Crippen LogP contribution in [0.25, 0.3) is 0 Å². The summed E-state index contributed by atoms with van der Waals surface area (Å²) in [7, 11) is 0. The quantitative estimate of drug-likeness (QED) is 0.692. The summed E-state index contributed by atoms with van der Waals surface area (Å²) < 4.78 is 0. The van der Waals surface area contributed by atoms with Gasteiger partial charge in [-0.1, -0.05) is 0 Å². The first-order chi connectivity index (χ1) is 6.86. The number of carbonyl (C=O) groups is 2. The Morgan fingerprint density at radius 2 is 1.87 bits per heavy atom. The second-order valence-corrected chi connectivity index (χ2v) is 4.97. The molecule has 1 aliphatic rings. The van der Waals surface area contributed by atoms with Crippen LogP contribution in [0.4, 0.5) is 0 Å². The van der Waals surface area contributed by atoms with Gasteiger partial charge in [0.1, 0.15) is 0 Å². The fourth-order valence-corrected chi connectivity index (χ4v) is 1.52. The zero-order valence-corrected chi connectivity index (χ0v) is 9.96. The lowest BCUT2D eigenvalue weighted by atomic mass is 10.1. The van der Waals surface area contributed by atoms with Gasteiger partial charge in [0.2, 0.25) is 0 Å². The maximum Gasteiger partial charge on any atom is 0.312 e. The van der Waals surface area contributed by atoms with Crippen molar-refractivity contribution in [2.75, 3.05) is 6.54 Å². The molecule has 1 N–H and O–H groups in total. The minimum atomic E-state index is -0.464. The molecular formula is C11H20N2O2. The highest BCUT2D eigenvalue weighted by atomic mass is 16.2. The van der Waals surface area contributed by atoms with Gasteiger partial charge in [0.15, 0.2) is 0 Å². The molecule has 4 heteroatoms. The average Bonchev–Trinajstić information content (AvgIpc) is 2.86. The molecule has 86 valence electrons. The van der Waals surface area contributed by atoms with Gasteiger partial charge in [-0.2, -0.15) is 0 Å². The normalized spacial score (nSPS) is 16.0. The third-order valence-corrected chi connectivity index (χ3v) is 2.48. The van der Waals surface area contributed by atoms with E-state index in [4.69, 9.17) is 0 Å². The van der Waals surface area contributed by atoms with E-state index in [0.29, 0.717) is 6.54 Å². The van der Waals surface area contributed by atoms with Gasteiger partial charge >= 0.3 is 11.8 Å². The van der Waals surface area contributed by atoms with Crippen molar-refractivity contribution in [1.82, 2.24) is 10.2 Å². The van der Waals surface area contributed by atoms with Gasteiger partial charge in [-0.3, -0.25) is 9.59 Å². The molecule has 0 unspecified atom stereocenters. The van der Waals surface area contributed by atoms with Gasteiger partial charge < -0.3 is 10.2 Å². The maximum atomic E-state index is 11.8. The van der Waals surface area contributed by atoms with Gasteiger partial charge in [-0.15, -0.1) is 0 Å². The van der Waals surface area contributed by atoms with E-state index in [0.717, 1.165) is 12.8 Å². The number of rotatable bonds is 2. The number of carbonyl (C=O) groups excluding carboxylic acids is 2. The van der Waals surface area contributed by atoms with E-state index in [9.17, 15) is 9.59 Å². The third-order valence-electron chi connectivity index (χ3n) is 2.48. The van der Waals surface area contributed by atoms with E-state index in [-0.39, 0.29) is 11.6 Å². The Kier molecular flexibility index (Phi) is 3.37. The highest BCUT2D eigenvalue weighted by molar-refractivity contribution is 6.35. The molecule has 1 rings (SSSR count). The van der Waals surface area contributed by atoms with Gasteiger partial charge in [0, 0.05) is 18.1 Å². The molecule has 0 spiro atoms. The number of hydrogen-bond donors (Lipinski definition) is 1. The molecule has 0 aromatic carbocycles. The summed E-state index contributed by atoms with van der Waals surface area (Å²) >= 11 is 0. The van der Waals surface area contributed by atoms with Gasteiger partial charge in [0.25, 0.3) is 0 Å². The average molecular weight is 212 g/mol. The van der Waals surface area contributed by atoms with E-state index in [2.05, 4.69) is 5.32 Å². The van der Waals surface area contributed by atoms with E-state index in [1.807, 2.05) is 27.7 Å². The molecule has 1 fully saturated rings. The summed E-state index contributed by atoms with van der Waals surface area (Å²) in [6, 6.07) is 0.236. The summed E-state index contributed by atoms with van der Waals surface area (Å²) in [5.41, 5.74) is -0.299. The Morgan fingerprint density at radius 1 is 1.33 bits per heavy atom. The number of amides is 2. The molecule has 2 amide bonds. The molecule has 0 atom stereocenters. The molecular weight excluding hydrogens is 192 g/mol. The largest absolute Gasteiger partial charge is 0.345 e. The first-order valence-electron chi connectivity index (χ1n) is 5.48. The highest BCUT2D eigenvalue weighted by Gasteiger charge is 2.32. The summed E-state index contributed by atoms with van der Waals surface area (Å²) in [6.07, 6.45) is 2.00. The minimum absolute atomic E-state index is 0.236. The third kappa shape index (κ3) is 3.22. The van der Waals surface area contributed by atoms with Crippen LogP contribution in [0, 0.1) is 0 Å². The monoisotopic (exact) mass is 212 g/mol. The van der Waals surface area contributed by atoms with Crippen molar-refractivity contribution in [1.29, 1.82) is 0 Å². The lowest BCUT2D eigenvalue weighted by Gasteiger charge is -2.34. The van der Waals surface area contributed by atoms with Crippen molar-refractivity contribution in [2.45, 2.75) is 52.1 Å². The smallest absolute Gasteiger partial charge is 0.312 e. The number of nitrogens with one attached hydrogen (secondary N) is 1. The number of hydrogen-bond acceptors (Lipinski definition) is 2. The fraction of sp³-hybridized carbons (Fsp3) is 0.818. The fourth-order valence-electron chi connectivity index (χ4n) is 1.52. The van der Waals surface area contributed by atoms with Gasteiger partial charge in [-0.25, -0.2) is 0 Å². The summed E-state index contributed by atoms with van der Waals surface area (Å²) in [5.74, 6) is -0.883. The van der Waals surface area contributed by atoms with E-state index < -0.39 is 11.8 Å². The molecule has 0 aliphatic heterocycles. The predicted molar refractivity (Wildman–Crippen MR) is 58.3 cm³/mol. The van der Waals surface area contributed by atoms with Gasteiger partial charge in [0.05, 0.1) is 0 Å². The van der Waals surface area contributed by atoms with Crippen LogP contribution in [0.1, 0.15) is 40.5 Å². The molecule has 1 saturated carbocycles. The minimum Gasteiger partial charge on any atom is -0.345 e. The second-order valence-electron chi connectivity index (χ2n) is 4.97. The number of nitrogens with zero attached hydrogens (tertiary/aromatic N) is 1. The maximum absolute atomic E-state index is 11.8. The van der Waals surface area contributed by atoms with E-state index in [1.165, 1.54) is 0 Å². The second kappa shape index (κ2) is 4.21. The molecule has 0 aromatic heterocycles. The summed E-state index contributed by atoms with van der Waals surface area (Å²) in [4.78, 5) is 24.9. The van der Waals surface area contributed by atoms with Crippen molar-refractivity contribution < 1.29 is 9.59 Å². The van der Waals surface area contributed by atoms with Crippen LogP contribution in [0.2, 0.25) is 0 Å². The molecule has 0 heterocycles. The van der Waals surface area contributed by atoms with Crippen LogP contribution in [0.3, 0.4) is 0 Å². The van der Waals surface area contributed by atoms with E-state index >= 15 is 0 Å². The summed E-state index contributed by atoms with van der Waals surface area (Å²) in [6.45, 7) is 8.23. The molecule has 0 radical (unpaired) electrons. The van der Waals surface area contributed by atoms with Crippen LogP contribution >= 0.6 is 0 Å². The SMILES string of the molecule is CCN(C(=O)C(=O)NC1CC1)C(C)(C)C. The zero-order valence-electron chi connectivity index (χ0n) is 9.96. The van der Waals surface area contributed by atoms with Crippen LogP contribution in [-0.2, 0) is 9.59 Å². The standard InChI is InChI=1S/C11H20N2O2/c1-5-13(11(2,3)4)10(15)9(14)12-8-6-7-8/h8H,5-7H2,1-4H3,(H,12,14). The Morgan fingerprint density at radius 3 is 2.20 bits per heavy atom. The Labute approximate surface area is 91.0 Å². The Balaban J connectivity index is 2.59. The van der Waals surface area contributed by atoms with Crippen LogP contribution in [-0.4, -0.2) is 34.8 Å². The molecule has 4 nitrogen and oxygen atoms in total. The highest BCUT2D eigenvalue weighted by Crippen LogP contribution is 2.19. The number of likely N-dealkylation sites (N-methyl/N-ethyl adjacent to an activating group) is 1. The topological polar surface area (TPSA) is 49.4 Å². The van der Waals surface area contributed by atoms with Crippen molar-refractivity contribution >= 4 is 11.8 Å². The lowest BCUT2D eigenvalue weighted by Crippen LogP contribution is -2.51. The van der Waals surface area contributed by atoms with Crippen LogP contribution < -0.4 is 5.32 Å². The Bertz CT molecular complexity index is 264. The zero-order chi connectivity index (χ0) is 11.6. The Hall–Kier alpha value is -1.06. The van der Waals surface area contributed by atoms with Gasteiger partial charge in [-0.05, 0) is 40.5 Å².